The third-order valence-electron chi connectivity index (χ3n) is 20.4. The number of fused-ring (bicyclic) bond motifs is 7. The van der Waals surface area contributed by atoms with E-state index in [-0.39, 0.29) is 59.6 Å². The number of rotatable bonds is 10. The van der Waals surface area contributed by atoms with Gasteiger partial charge in [-0.1, -0.05) is 52.7 Å². The molecule has 6 saturated heterocycles. The first-order valence-corrected chi connectivity index (χ1v) is 31.2. The summed E-state index contributed by atoms with van der Waals surface area (Å²) in [6.07, 6.45) is 15.7. The zero-order valence-corrected chi connectivity index (χ0v) is 48.5. The van der Waals surface area contributed by atoms with Crippen molar-refractivity contribution in [3.63, 3.8) is 0 Å². The zero-order valence-electron chi connectivity index (χ0n) is 48.5. The fourth-order valence-electron chi connectivity index (χ4n) is 15.8. The molecule has 2 saturated carbocycles. The summed E-state index contributed by atoms with van der Waals surface area (Å²) >= 11 is 0. The monoisotopic (exact) mass is 1100 g/mol. The minimum Gasteiger partial charge on any atom is -0.464 e. The standard InChI is InChI=1S/C63H89N11O6/c1-6-73-52-18-17-43-29-47(52)49(57(73)48-30-45(32-64-53(48)40(2)3)70-26-25-69-27-28-79-36-46(69)34-70)31-62(4,5)39-80-61(78)50-14-10-22-74(67-50)59(76)51(35-68-21-9-13-44(43)33-68)65-58(75)56(42-11-7-8-12-42)71-23-19-63(37-71)20-24-72(38-63)60(77)55-54(66-55)41-15-16-41/h13,17-18,29-30,32,40-42,46,50-51,54-56,66-67H,6-12,14-16,19-28,31,33-39H2,1-5H3,(H,65,75)/t46-,50-,51-,54+,55+,56-,63-/m0/s1. The molecule has 8 fully saturated rings. The third kappa shape index (κ3) is 10.7. The molecule has 80 heavy (non-hydrogen) atoms. The Morgan fingerprint density at radius 1 is 0.925 bits per heavy atom. The van der Waals surface area contributed by atoms with E-state index in [0.29, 0.717) is 56.9 Å². The largest absolute Gasteiger partial charge is 0.464 e. The Labute approximate surface area is 473 Å². The van der Waals surface area contributed by atoms with Crippen LogP contribution in [0.2, 0.25) is 0 Å². The summed E-state index contributed by atoms with van der Waals surface area (Å²) in [7, 11) is 0. The molecule has 3 N–H and O–H groups in total. The van der Waals surface area contributed by atoms with Gasteiger partial charge in [0.2, 0.25) is 11.8 Å². The van der Waals surface area contributed by atoms with Crippen LogP contribution in [0.25, 0.3) is 27.7 Å². The lowest BCUT2D eigenvalue weighted by Gasteiger charge is -2.44. The number of cyclic esters (lactones) is 1. The van der Waals surface area contributed by atoms with Crippen molar-refractivity contribution in [1.82, 2.24) is 50.2 Å². The van der Waals surface area contributed by atoms with E-state index in [0.717, 1.165) is 146 Å². The van der Waals surface area contributed by atoms with Gasteiger partial charge >= 0.3 is 5.97 Å². The summed E-state index contributed by atoms with van der Waals surface area (Å²) < 4.78 is 14.8. The van der Waals surface area contributed by atoms with Crippen molar-refractivity contribution in [2.45, 2.75) is 160 Å². The molecule has 10 aliphatic rings. The van der Waals surface area contributed by atoms with Crippen molar-refractivity contribution >= 4 is 45.9 Å². The number of nitrogens with zero attached hydrogens (tertiary/aromatic N) is 8. The first kappa shape index (κ1) is 54.3. The maximum Gasteiger partial charge on any atom is 0.324 e. The molecule has 0 radical (unpaired) electrons. The van der Waals surface area contributed by atoms with Crippen LogP contribution in [-0.2, 0) is 41.6 Å². The van der Waals surface area contributed by atoms with E-state index >= 15 is 9.59 Å². The highest BCUT2D eigenvalue weighted by molar-refractivity contribution is 5.95. The summed E-state index contributed by atoms with van der Waals surface area (Å²) in [4.78, 5) is 75.8. The number of piperazine rings is 1. The number of ether oxygens (including phenoxy) is 2. The number of carbonyl (C=O) groups excluding carboxylic acids is 4. The number of anilines is 1. The van der Waals surface area contributed by atoms with Crippen molar-refractivity contribution in [2.24, 2.45) is 22.7 Å². The number of likely N-dealkylation sites (tertiary alicyclic amines) is 2. The molecular formula is C63H89N11O6. The number of amides is 3. The van der Waals surface area contributed by atoms with Crippen LogP contribution in [0.5, 0.6) is 0 Å². The Kier molecular flexibility index (Phi) is 15.0. The Morgan fingerprint density at radius 3 is 2.58 bits per heavy atom. The Balaban J connectivity index is 0.810. The number of aryl methyl sites for hydroxylation is 1. The van der Waals surface area contributed by atoms with E-state index < -0.39 is 17.5 Å². The van der Waals surface area contributed by atoms with E-state index in [9.17, 15) is 9.59 Å². The predicted molar refractivity (Wildman–Crippen MR) is 310 cm³/mol. The molecule has 1 spiro atoms. The van der Waals surface area contributed by atoms with Crippen LogP contribution in [0, 0.1) is 22.7 Å². The van der Waals surface area contributed by atoms with E-state index in [1.807, 2.05) is 0 Å². The second-order valence-electron chi connectivity index (χ2n) is 27.1. The van der Waals surface area contributed by atoms with Gasteiger partial charge in [-0.15, -0.1) is 0 Å². The first-order valence-electron chi connectivity index (χ1n) is 31.2. The molecule has 2 aromatic heterocycles. The average molecular weight is 1100 g/mol. The summed E-state index contributed by atoms with van der Waals surface area (Å²) in [5.41, 5.74) is 12.2. The van der Waals surface area contributed by atoms with Gasteiger partial charge in [-0.05, 0) is 130 Å². The molecule has 3 aromatic rings. The van der Waals surface area contributed by atoms with Gasteiger partial charge < -0.3 is 29.2 Å². The molecule has 17 heteroatoms. The van der Waals surface area contributed by atoms with Crippen LogP contribution >= 0.6 is 0 Å². The summed E-state index contributed by atoms with van der Waals surface area (Å²) in [5, 5.41) is 9.72. The van der Waals surface area contributed by atoms with Gasteiger partial charge in [0.1, 0.15) is 18.1 Å². The van der Waals surface area contributed by atoms with Crippen molar-refractivity contribution in [2.75, 3.05) is 103 Å². The van der Waals surface area contributed by atoms with E-state index in [4.69, 9.17) is 14.5 Å². The number of benzene rings is 1. The van der Waals surface area contributed by atoms with Gasteiger partial charge in [0.15, 0.2) is 0 Å². The highest BCUT2D eigenvalue weighted by Gasteiger charge is 2.55. The molecule has 10 heterocycles. The molecule has 1 unspecified atom stereocenters. The Bertz CT molecular complexity index is 2890. The molecule has 8 aliphatic heterocycles. The molecule has 8 atom stereocenters. The van der Waals surface area contributed by atoms with Crippen LogP contribution in [0.3, 0.4) is 0 Å². The summed E-state index contributed by atoms with van der Waals surface area (Å²) in [5.74, 6) is 0.646. The molecule has 6 bridgehead atoms. The normalized spacial score (nSPS) is 31.1. The lowest BCUT2D eigenvalue weighted by molar-refractivity contribution is -0.155. The third-order valence-corrected chi connectivity index (χ3v) is 20.4. The van der Waals surface area contributed by atoms with Gasteiger partial charge in [0.25, 0.3) is 5.91 Å². The van der Waals surface area contributed by atoms with E-state index in [1.54, 1.807) is 5.01 Å². The number of hydrogen-bond acceptors (Lipinski definition) is 13. The fourth-order valence-corrected chi connectivity index (χ4v) is 15.8. The quantitative estimate of drug-likeness (QED) is 0.165. The van der Waals surface area contributed by atoms with Crippen LogP contribution in [-0.4, -0.2) is 192 Å². The number of aromatic nitrogens is 2. The Hall–Kier alpha value is -4.91. The minimum absolute atomic E-state index is 0.0187. The maximum absolute atomic E-state index is 15.3. The number of pyridine rings is 1. The summed E-state index contributed by atoms with van der Waals surface area (Å²) in [6, 6.07) is 8.16. The van der Waals surface area contributed by atoms with E-state index in [2.05, 4.69) is 116 Å². The summed E-state index contributed by atoms with van der Waals surface area (Å²) in [6.45, 7) is 22.7. The van der Waals surface area contributed by atoms with Crippen molar-refractivity contribution < 1.29 is 28.7 Å². The van der Waals surface area contributed by atoms with Gasteiger partial charge in [-0.3, -0.25) is 49.2 Å². The number of morpholine rings is 1. The van der Waals surface area contributed by atoms with Crippen molar-refractivity contribution in [3.05, 3.63) is 53.4 Å². The maximum atomic E-state index is 15.3. The molecule has 13 rings (SSSR count). The Morgan fingerprint density at radius 2 is 1.76 bits per heavy atom. The fraction of sp³-hybridized carbons (Fsp3) is 0.698. The lowest BCUT2D eigenvalue weighted by atomic mass is 9.83. The predicted octanol–water partition coefficient (Wildman–Crippen LogP) is 5.80. The van der Waals surface area contributed by atoms with Crippen LogP contribution < -0.4 is 21.0 Å². The molecule has 3 amide bonds. The van der Waals surface area contributed by atoms with E-state index in [1.165, 1.54) is 40.6 Å². The highest BCUT2D eigenvalue weighted by atomic mass is 16.5. The average Bonchev–Trinajstić information content (AvgIpc) is 4.45. The SMILES string of the molecule is CCn1c(-c2cc(N3CCN4CCOC[C@@H]4C3)cnc2C(C)C)c2c3cc(ccc31)C1=CCCN(C1)C[C@H](NC(=O)[C@H](C1CCCC1)N1CC[C@]3(CCN(C(=O)[C@@H]4N[C@@H]4C4CC4)C3)C1)C(=O)N1CCC[C@H](N1)C(=O)OCC(C)(C)C2. The molecule has 2 aliphatic carbocycles. The van der Waals surface area contributed by atoms with Crippen molar-refractivity contribution in [1.29, 1.82) is 0 Å². The van der Waals surface area contributed by atoms with Crippen LogP contribution in [0.4, 0.5) is 5.69 Å². The lowest BCUT2D eigenvalue weighted by Crippen LogP contribution is -2.63. The highest BCUT2D eigenvalue weighted by Crippen LogP contribution is 2.46. The second kappa shape index (κ2) is 22.0. The minimum atomic E-state index is -0.845. The van der Waals surface area contributed by atoms with Crippen LogP contribution in [0.15, 0.2) is 36.5 Å². The number of esters is 1. The van der Waals surface area contributed by atoms with Gasteiger partial charge in [0.05, 0.1) is 55.2 Å². The molecule has 432 valence electrons. The number of hydrogen-bond donors (Lipinski definition) is 3. The molecule has 1 aromatic carbocycles. The van der Waals surface area contributed by atoms with Gasteiger partial charge in [-0.25, -0.2) is 5.43 Å². The molecule has 17 nitrogen and oxygen atoms in total. The topological polar surface area (TPSA) is 170 Å². The smallest absolute Gasteiger partial charge is 0.324 e. The second-order valence-corrected chi connectivity index (χ2v) is 27.1. The van der Waals surface area contributed by atoms with Gasteiger partial charge in [0, 0.05) is 112 Å². The van der Waals surface area contributed by atoms with Crippen molar-refractivity contribution in [3.8, 4) is 11.3 Å². The van der Waals surface area contributed by atoms with Crippen LogP contribution in [0.1, 0.15) is 128 Å². The van der Waals surface area contributed by atoms with Gasteiger partial charge in [-0.2, -0.15) is 0 Å². The number of nitrogens with one attached hydrogen (secondary N) is 3. The number of carbonyl (C=O) groups is 4. The first-order chi connectivity index (χ1) is 38.7. The molecular weight excluding hydrogens is 1010 g/mol. The number of hydrazine groups is 1. The zero-order chi connectivity index (χ0) is 55.0.